The largest absolute Gasteiger partial charge is 0.465 e. The molecular formula is C42H79NO8S6. The smallest absolute Gasteiger partial charge is 0.309 e. The number of nitrogens with one attached hydrogen (secondary N) is 1. The van der Waals surface area contributed by atoms with Gasteiger partial charge in [0.15, 0.2) is 0 Å². The van der Waals surface area contributed by atoms with Crippen molar-refractivity contribution in [1.82, 2.24) is 5.32 Å². The standard InChI is InChI=1S/C42H79NO8S6/c1-5-7-9-11-13-15-17-19-29-52-35-37(3)41(46)50-27-33-56-54-31-25-48-39(44)21-23-43-24-22-40(45)49-26-32-55-57-34-28-51-42(47)38(4)36-53-30-20-18-16-14-12-10-8-6-2/h37-38,43H,5-36H2,1-4H3. The van der Waals surface area contributed by atoms with Crippen molar-refractivity contribution >= 4 is 90.6 Å². The molecule has 1 N–H and O–H groups in total. The first-order valence-corrected chi connectivity index (χ1v) is 29.1. The molecule has 0 amide bonds. The molecular weight excluding hydrogens is 839 g/mol. The molecule has 0 radical (unpaired) electrons. The van der Waals surface area contributed by atoms with E-state index in [-0.39, 0.29) is 48.6 Å². The fourth-order valence-corrected chi connectivity index (χ4v) is 10.7. The van der Waals surface area contributed by atoms with Crippen LogP contribution in [0.4, 0.5) is 0 Å². The third-order valence-electron chi connectivity index (χ3n) is 8.68. The van der Waals surface area contributed by atoms with Gasteiger partial charge in [-0.3, -0.25) is 19.2 Å². The second-order valence-corrected chi connectivity index (χ2v) is 21.9. The minimum atomic E-state index is -0.277. The average Bonchev–Trinajstić information content (AvgIpc) is 3.20. The van der Waals surface area contributed by atoms with Crippen molar-refractivity contribution in [2.45, 2.75) is 143 Å². The van der Waals surface area contributed by atoms with Crippen molar-refractivity contribution in [2.24, 2.45) is 11.8 Å². The zero-order valence-electron chi connectivity index (χ0n) is 36.0. The van der Waals surface area contributed by atoms with Gasteiger partial charge in [-0.2, -0.15) is 23.5 Å². The van der Waals surface area contributed by atoms with Crippen LogP contribution in [-0.2, 0) is 38.1 Å². The van der Waals surface area contributed by atoms with Crippen LogP contribution in [-0.4, -0.2) is 109 Å². The highest BCUT2D eigenvalue weighted by molar-refractivity contribution is 8.77. The topological polar surface area (TPSA) is 117 Å². The van der Waals surface area contributed by atoms with E-state index < -0.39 is 0 Å². The number of hydrogen-bond donors (Lipinski definition) is 1. The summed E-state index contributed by atoms with van der Waals surface area (Å²) in [5.74, 6) is 5.59. The van der Waals surface area contributed by atoms with Crippen molar-refractivity contribution < 1.29 is 38.1 Å². The Balaban J connectivity index is 3.49. The Kier molecular flexibility index (Phi) is 45.4. The van der Waals surface area contributed by atoms with E-state index in [1.54, 1.807) is 43.2 Å². The molecule has 0 aromatic rings. The van der Waals surface area contributed by atoms with Gasteiger partial charge in [-0.1, -0.05) is 161 Å². The lowest BCUT2D eigenvalue weighted by Gasteiger charge is -2.11. The highest BCUT2D eigenvalue weighted by atomic mass is 33.1. The van der Waals surface area contributed by atoms with E-state index >= 15 is 0 Å². The predicted octanol–water partition coefficient (Wildman–Crippen LogP) is 11.3. The van der Waals surface area contributed by atoms with Crippen molar-refractivity contribution in [3.05, 3.63) is 0 Å². The molecule has 0 aliphatic rings. The van der Waals surface area contributed by atoms with E-state index in [2.05, 4.69) is 19.2 Å². The van der Waals surface area contributed by atoms with Gasteiger partial charge < -0.3 is 24.3 Å². The molecule has 336 valence electrons. The Morgan fingerprint density at radius 3 is 1.11 bits per heavy atom. The van der Waals surface area contributed by atoms with E-state index in [4.69, 9.17) is 18.9 Å². The first kappa shape index (κ1) is 56.9. The number of unbranched alkanes of at least 4 members (excludes halogenated alkanes) is 14. The second kappa shape index (κ2) is 45.5. The number of carbonyl (C=O) groups is 4. The Morgan fingerprint density at radius 2 is 0.754 bits per heavy atom. The average molecular weight is 918 g/mol. The van der Waals surface area contributed by atoms with Crippen molar-refractivity contribution in [3.8, 4) is 0 Å². The molecule has 0 fully saturated rings. The molecule has 2 atom stereocenters. The summed E-state index contributed by atoms with van der Waals surface area (Å²) in [6.45, 7) is 10.7. The van der Waals surface area contributed by atoms with Crippen molar-refractivity contribution in [2.75, 3.05) is 85.5 Å². The maximum atomic E-state index is 12.2. The molecule has 9 nitrogen and oxygen atoms in total. The Hall–Kier alpha value is -0.0600. The third-order valence-corrected chi connectivity index (χ3v) is 16.0. The van der Waals surface area contributed by atoms with Crippen LogP contribution in [0, 0.1) is 11.8 Å². The summed E-state index contributed by atoms with van der Waals surface area (Å²) >= 11 is 3.70. The van der Waals surface area contributed by atoms with Gasteiger partial charge in [-0.25, -0.2) is 0 Å². The molecule has 57 heavy (non-hydrogen) atoms. The molecule has 0 aromatic carbocycles. The highest BCUT2D eigenvalue weighted by Gasteiger charge is 2.15. The Bertz CT molecular complexity index is 882. The van der Waals surface area contributed by atoms with Crippen LogP contribution >= 0.6 is 66.7 Å². The summed E-state index contributed by atoms with van der Waals surface area (Å²) in [5, 5.41) is 3.08. The van der Waals surface area contributed by atoms with Gasteiger partial charge in [0.1, 0.15) is 26.4 Å². The summed E-state index contributed by atoms with van der Waals surface area (Å²) in [7, 11) is 6.40. The fourth-order valence-electron chi connectivity index (χ4n) is 5.23. The Labute approximate surface area is 372 Å². The maximum absolute atomic E-state index is 12.2. The minimum absolute atomic E-state index is 0.0854. The molecule has 0 saturated carbocycles. The van der Waals surface area contributed by atoms with Crippen LogP contribution in [0.5, 0.6) is 0 Å². The first-order valence-electron chi connectivity index (χ1n) is 21.8. The molecule has 15 heteroatoms. The first-order chi connectivity index (χ1) is 27.8. The molecule has 0 aliphatic carbocycles. The number of esters is 4. The van der Waals surface area contributed by atoms with Crippen LogP contribution < -0.4 is 5.32 Å². The zero-order valence-corrected chi connectivity index (χ0v) is 40.9. The summed E-state index contributed by atoms with van der Waals surface area (Å²) < 4.78 is 21.4. The van der Waals surface area contributed by atoms with Crippen LogP contribution in [0.3, 0.4) is 0 Å². The van der Waals surface area contributed by atoms with Gasteiger partial charge in [0.25, 0.3) is 0 Å². The van der Waals surface area contributed by atoms with Crippen LogP contribution in [0.15, 0.2) is 0 Å². The molecule has 0 aliphatic heterocycles. The highest BCUT2D eigenvalue weighted by Crippen LogP contribution is 2.22. The van der Waals surface area contributed by atoms with Crippen molar-refractivity contribution in [3.63, 3.8) is 0 Å². The number of rotatable bonds is 44. The SMILES string of the molecule is CCCCCCCCCCSCC(C)C(=O)OCCSSCCOC(=O)CCNCCC(=O)OCCSSCCOC(=O)C(C)CSCCCCCCCCCC. The summed E-state index contributed by atoms with van der Waals surface area (Å²) in [6, 6.07) is 0. The molecule has 0 saturated heterocycles. The second-order valence-electron chi connectivity index (χ2n) is 14.2. The van der Waals surface area contributed by atoms with Crippen molar-refractivity contribution in [1.29, 1.82) is 0 Å². The summed E-state index contributed by atoms with van der Waals surface area (Å²) in [5.41, 5.74) is 0. The monoisotopic (exact) mass is 917 g/mol. The summed E-state index contributed by atoms with van der Waals surface area (Å²) in [6.07, 6.45) is 21.6. The van der Waals surface area contributed by atoms with Gasteiger partial charge in [0.2, 0.25) is 0 Å². The predicted molar refractivity (Wildman–Crippen MR) is 254 cm³/mol. The van der Waals surface area contributed by atoms with Gasteiger partial charge in [-0.05, 0) is 24.3 Å². The molecule has 0 spiro atoms. The number of hydrogen-bond acceptors (Lipinski definition) is 15. The lowest BCUT2D eigenvalue weighted by Crippen LogP contribution is -2.23. The number of thioether (sulfide) groups is 2. The zero-order chi connectivity index (χ0) is 41.9. The van der Waals surface area contributed by atoms with E-state index in [0.717, 1.165) is 23.0 Å². The number of carbonyl (C=O) groups excluding carboxylic acids is 4. The fraction of sp³-hybridized carbons (Fsp3) is 0.905. The minimum Gasteiger partial charge on any atom is -0.465 e. The third kappa shape index (κ3) is 42.4. The maximum Gasteiger partial charge on any atom is 0.309 e. The normalized spacial score (nSPS) is 12.3. The molecule has 0 heterocycles. The van der Waals surface area contributed by atoms with Gasteiger partial charge in [-0.15, -0.1) is 0 Å². The lowest BCUT2D eigenvalue weighted by atomic mass is 10.1. The van der Waals surface area contributed by atoms with Crippen LogP contribution in [0.25, 0.3) is 0 Å². The number of ether oxygens (including phenoxy) is 4. The van der Waals surface area contributed by atoms with E-state index in [0.29, 0.717) is 62.5 Å². The Morgan fingerprint density at radius 1 is 0.439 bits per heavy atom. The van der Waals surface area contributed by atoms with Gasteiger partial charge >= 0.3 is 23.9 Å². The lowest BCUT2D eigenvalue weighted by molar-refractivity contribution is -0.147. The van der Waals surface area contributed by atoms with E-state index in [1.807, 2.05) is 37.4 Å². The van der Waals surface area contributed by atoms with Crippen LogP contribution in [0.2, 0.25) is 0 Å². The van der Waals surface area contributed by atoms with E-state index in [9.17, 15) is 19.2 Å². The van der Waals surface area contributed by atoms with E-state index in [1.165, 1.54) is 103 Å². The van der Waals surface area contributed by atoms with Gasteiger partial charge in [0.05, 0.1) is 24.7 Å². The van der Waals surface area contributed by atoms with Gasteiger partial charge in [0, 0.05) is 47.6 Å². The summed E-state index contributed by atoms with van der Waals surface area (Å²) in [4.78, 5) is 48.4. The molecule has 2 unspecified atom stereocenters. The van der Waals surface area contributed by atoms with Crippen LogP contribution in [0.1, 0.15) is 143 Å². The molecule has 0 aromatic heterocycles. The molecule has 0 bridgehead atoms. The quantitative estimate of drug-likeness (QED) is 0.0270. The molecule has 0 rings (SSSR count).